The van der Waals surface area contributed by atoms with Crippen LogP contribution in [0.3, 0.4) is 0 Å². The minimum Gasteiger partial charge on any atom is -0.488 e. The monoisotopic (exact) mass is 385 g/mol. The topological polar surface area (TPSA) is 21.6 Å². The first-order valence-electron chi connectivity index (χ1n) is 9.19. The Hall–Kier alpha value is -3.10. The summed E-state index contributed by atoms with van der Waals surface area (Å²) >= 11 is 5.97. The molecule has 0 aliphatic heterocycles. The third kappa shape index (κ3) is 4.24. The van der Waals surface area contributed by atoms with Crippen molar-refractivity contribution in [2.24, 2.45) is 4.99 Å². The van der Waals surface area contributed by atoms with Gasteiger partial charge < -0.3 is 4.74 Å². The van der Waals surface area contributed by atoms with E-state index in [0.29, 0.717) is 6.61 Å². The molecular formula is C25H20ClNO. The Labute approximate surface area is 170 Å². The molecule has 0 heterocycles. The predicted molar refractivity (Wildman–Crippen MR) is 118 cm³/mol. The first kappa shape index (κ1) is 18.3. The van der Waals surface area contributed by atoms with Crippen LogP contribution in [0.4, 0.5) is 5.69 Å². The van der Waals surface area contributed by atoms with Gasteiger partial charge in [0.15, 0.2) is 0 Å². The van der Waals surface area contributed by atoms with E-state index in [1.165, 1.54) is 5.56 Å². The number of rotatable bonds is 5. The molecule has 0 N–H and O–H groups in total. The van der Waals surface area contributed by atoms with Crippen LogP contribution in [0.5, 0.6) is 5.75 Å². The van der Waals surface area contributed by atoms with Gasteiger partial charge in [-0.25, -0.2) is 0 Å². The van der Waals surface area contributed by atoms with Gasteiger partial charge in [0, 0.05) is 16.8 Å². The third-order valence-corrected chi connectivity index (χ3v) is 4.87. The van der Waals surface area contributed by atoms with Crippen LogP contribution < -0.4 is 4.74 Å². The van der Waals surface area contributed by atoms with Gasteiger partial charge in [-0.15, -0.1) is 0 Å². The molecule has 0 unspecified atom stereocenters. The van der Waals surface area contributed by atoms with Gasteiger partial charge in [0.2, 0.25) is 0 Å². The summed E-state index contributed by atoms with van der Waals surface area (Å²) in [6.45, 7) is 2.54. The summed E-state index contributed by atoms with van der Waals surface area (Å²) in [5.41, 5.74) is 4.19. The van der Waals surface area contributed by atoms with Crippen molar-refractivity contribution >= 4 is 34.3 Å². The minimum absolute atomic E-state index is 0.473. The summed E-state index contributed by atoms with van der Waals surface area (Å²) in [6.07, 6.45) is 1.89. The Balaban J connectivity index is 1.68. The molecule has 0 aliphatic rings. The first-order chi connectivity index (χ1) is 13.7. The molecule has 0 bridgehead atoms. The van der Waals surface area contributed by atoms with E-state index in [9.17, 15) is 0 Å². The molecule has 4 aromatic rings. The van der Waals surface area contributed by atoms with Gasteiger partial charge in [0.1, 0.15) is 12.4 Å². The van der Waals surface area contributed by atoms with Gasteiger partial charge in [-0.2, -0.15) is 0 Å². The Bertz CT molecular complexity index is 1120. The molecule has 0 aliphatic carbocycles. The average molecular weight is 386 g/mol. The Morgan fingerprint density at radius 2 is 1.61 bits per heavy atom. The van der Waals surface area contributed by atoms with Crippen molar-refractivity contribution in [3.63, 3.8) is 0 Å². The number of nitrogens with zero attached hydrogens (tertiary/aromatic N) is 1. The van der Waals surface area contributed by atoms with E-state index >= 15 is 0 Å². The largest absolute Gasteiger partial charge is 0.488 e. The highest BCUT2D eigenvalue weighted by Gasteiger charge is 2.08. The van der Waals surface area contributed by atoms with Gasteiger partial charge in [-0.3, -0.25) is 4.99 Å². The SMILES string of the molecule is Cc1ccc(N=Cc2c(OCc3ccc(Cl)cc3)ccc3ccccc23)cc1. The zero-order valence-corrected chi connectivity index (χ0v) is 16.4. The number of benzene rings is 4. The van der Waals surface area contributed by atoms with Crippen molar-refractivity contribution in [3.8, 4) is 5.75 Å². The molecule has 0 amide bonds. The third-order valence-electron chi connectivity index (χ3n) is 4.61. The molecule has 3 heteroatoms. The van der Waals surface area contributed by atoms with Crippen LogP contribution in [0.15, 0.2) is 89.9 Å². The maximum atomic E-state index is 6.14. The molecule has 28 heavy (non-hydrogen) atoms. The second kappa shape index (κ2) is 8.28. The fourth-order valence-corrected chi connectivity index (χ4v) is 3.17. The van der Waals surface area contributed by atoms with Crippen LogP contribution in [0.2, 0.25) is 5.02 Å². The molecule has 0 aromatic heterocycles. The molecule has 0 saturated heterocycles. The smallest absolute Gasteiger partial charge is 0.129 e. The van der Waals surface area contributed by atoms with E-state index < -0.39 is 0 Å². The maximum Gasteiger partial charge on any atom is 0.129 e. The fourth-order valence-electron chi connectivity index (χ4n) is 3.05. The number of ether oxygens (including phenoxy) is 1. The molecule has 4 rings (SSSR count). The normalized spacial score (nSPS) is 11.2. The number of hydrogen-bond donors (Lipinski definition) is 0. The van der Waals surface area contributed by atoms with E-state index in [1.54, 1.807) is 0 Å². The van der Waals surface area contributed by atoms with Crippen molar-refractivity contribution in [3.05, 3.63) is 107 Å². The zero-order valence-electron chi connectivity index (χ0n) is 15.6. The fraction of sp³-hybridized carbons (Fsp3) is 0.0800. The minimum atomic E-state index is 0.473. The zero-order chi connectivity index (χ0) is 19.3. The molecule has 0 radical (unpaired) electrons. The van der Waals surface area contributed by atoms with Gasteiger partial charge in [-0.05, 0) is 53.6 Å². The lowest BCUT2D eigenvalue weighted by Crippen LogP contribution is -1.99. The van der Waals surface area contributed by atoms with Crippen LogP contribution in [-0.2, 0) is 6.61 Å². The maximum absolute atomic E-state index is 6.14. The Morgan fingerprint density at radius 1 is 0.857 bits per heavy atom. The highest BCUT2D eigenvalue weighted by Crippen LogP contribution is 2.28. The molecule has 0 atom stereocenters. The van der Waals surface area contributed by atoms with E-state index in [-0.39, 0.29) is 0 Å². The summed E-state index contributed by atoms with van der Waals surface area (Å²) in [4.78, 5) is 4.67. The van der Waals surface area contributed by atoms with Crippen LogP contribution in [0, 0.1) is 6.92 Å². The predicted octanol–water partition coefficient (Wildman–Crippen LogP) is 7.13. The number of fused-ring (bicyclic) bond motifs is 1. The molecule has 0 spiro atoms. The van der Waals surface area contributed by atoms with Gasteiger partial charge >= 0.3 is 0 Å². The molecule has 2 nitrogen and oxygen atoms in total. The number of aryl methyl sites for hydroxylation is 1. The van der Waals surface area contributed by atoms with E-state index in [2.05, 4.69) is 42.2 Å². The molecule has 0 fully saturated rings. The first-order valence-corrected chi connectivity index (χ1v) is 9.56. The van der Waals surface area contributed by atoms with Crippen LogP contribution in [0.25, 0.3) is 10.8 Å². The lowest BCUT2D eigenvalue weighted by atomic mass is 10.0. The Kier molecular flexibility index (Phi) is 5.41. The summed E-state index contributed by atoms with van der Waals surface area (Å²) < 4.78 is 6.14. The highest BCUT2D eigenvalue weighted by atomic mass is 35.5. The molecular weight excluding hydrogens is 366 g/mol. The van der Waals surface area contributed by atoms with Crippen molar-refractivity contribution in [1.82, 2.24) is 0 Å². The lowest BCUT2D eigenvalue weighted by Gasteiger charge is -2.12. The van der Waals surface area contributed by atoms with Gasteiger partial charge in [0.05, 0.1) is 5.69 Å². The van der Waals surface area contributed by atoms with Crippen molar-refractivity contribution in [2.45, 2.75) is 13.5 Å². The van der Waals surface area contributed by atoms with Crippen molar-refractivity contribution in [1.29, 1.82) is 0 Å². The quantitative estimate of drug-likeness (QED) is 0.335. The van der Waals surface area contributed by atoms with Crippen LogP contribution in [-0.4, -0.2) is 6.21 Å². The van der Waals surface area contributed by atoms with Gasteiger partial charge in [-0.1, -0.05) is 71.8 Å². The second-order valence-corrected chi connectivity index (χ2v) is 7.14. The van der Waals surface area contributed by atoms with Gasteiger partial charge in [0.25, 0.3) is 0 Å². The number of hydrogen-bond acceptors (Lipinski definition) is 2. The average Bonchev–Trinajstić information content (AvgIpc) is 2.73. The van der Waals surface area contributed by atoms with Crippen LogP contribution >= 0.6 is 11.6 Å². The van der Waals surface area contributed by atoms with E-state index in [0.717, 1.165) is 38.4 Å². The summed E-state index contributed by atoms with van der Waals surface area (Å²) in [6, 6.07) is 28.2. The molecule has 4 aromatic carbocycles. The number of aliphatic imine (C=N–C) groups is 1. The second-order valence-electron chi connectivity index (χ2n) is 6.71. The molecule has 0 saturated carbocycles. The molecule has 138 valence electrons. The standard InChI is InChI=1S/C25H20ClNO/c1-18-6-13-22(14-7-18)27-16-24-23-5-3-2-4-20(23)10-15-25(24)28-17-19-8-11-21(26)12-9-19/h2-16H,17H2,1H3. The Morgan fingerprint density at radius 3 is 2.39 bits per heavy atom. The van der Waals surface area contributed by atoms with Crippen LogP contribution in [0.1, 0.15) is 16.7 Å². The lowest BCUT2D eigenvalue weighted by molar-refractivity contribution is 0.306. The van der Waals surface area contributed by atoms with Crippen molar-refractivity contribution < 1.29 is 4.74 Å². The number of halogens is 1. The highest BCUT2D eigenvalue weighted by molar-refractivity contribution is 6.30. The summed E-state index contributed by atoms with van der Waals surface area (Å²) in [5, 5.41) is 3.00. The van der Waals surface area contributed by atoms with E-state index in [4.69, 9.17) is 16.3 Å². The van der Waals surface area contributed by atoms with E-state index in [1.807, 2.05) is 60.8 Å². The van der Waals surface area contributed by atoms with Crippen molar-refractivity contribution in [2.75, 3.05) is 0 Å². The summed E-state index contributed by atoms with van der Waals surface area (Å²) in [7, 11) is 0. The summed E-state index contributed by atoms with van der Waals surface area (Å²) in [5.74, 6) is 0.810.